The Kier molecular flexibility index (Phi) is 6.99. The van der Waals surface area contributed by atoms with Crippen LogP contribution in [0.3, 0.4) is 0 Å². The molecule has 3 aliphatic rings. The van der Waals surface area contributed by atoms with Gasteiger partial charge in [0.25, 0.3) is 5.91 Å². The molecule has 3 fully saturated rings. The standard InChI is InChI=1S/C24H40N2O5S/c1-12(2)15-10-9-14(5)11-16(15)31-24(8,13(3)4)22(30)25-17-19(27)26-18(21(28)29)23(6,7)32-20(17)26/h12-18,20H,9-11H2,1-8H3,(H,25,30)(H,28,29)/t14-,15+,16+,17+,18-,20+,24+/m0/s1. The minimum atomic E-state index is -1.07. The summed E-state index contributed by atoms with van der Waals surface area (Å²) >= 11 is 1.44. The average Bonchev–Trinajstić information content (AvgIpc) is 2.93. The van der Waals surface area contributed by atoms with Gasteiger partial charge in [0, 0.05) is 4.75 Å². The van der Waals surface area contributed by atoms with Crippen LogP contribution in [0.4, 0.5) is 0 Å². The summed E-state index contributed by atoms with van der Waals surface area (Å²) in [5.41, 5.74) is -1.07. The zero-order valence-corrected chi connectivity index (χ0v) is 21.5. The van der Waals surface area contributed by atoms with Crippen LogP contribution in [0.2, 0.25) is 0 Å². The number of carbonyl (C=O) groups is 3. The molecule has 32 heavy (non-hydrogen) atoms. The summed E-state index contributed by atoms with van der Waals surface area (Å²) in [5, 5.41) is 12.2. The van der Waals surface area contributed by atoms with E-state index in [1.807, 2.05) is 34.6 Å². The lowest BCUT2D eigenvalue weighted by Gasteiger charge is -2.47. The van der Waals surface area contributed by atoms with E-state index in [1.165, 1.54) is 23.1 Å². The van der Waals surface area contributed by atoms with E-state index in [9.17, 15) is 19.5 Å². The molecule has 2 aliphatic heterocycles. The van der Waals surface area contributed by atoms with Crippen molar-refractivity contribution in [3.63, 3.8) is 0 Å². The number of ether oxygens (including phenoxy) is 1. The summed E-state index contributed by atoms with van der Waals surface area (Å²) in [6.45, 7) is 16.1. The second-order valence-electron chi connectivity index (χ2n) is 11.3. The molecule has 0 bridgehead atoms. The molecule has 1 saturated carbocycles. The Bertz CT molecular complexity index is 769. The summed E-state index contributed by atoms with van der Waals surface area (Å²) < 4.78 is 6.01. The maximum atomic E-state index is 13.5. The Morgan fingerprint density at radius 1 is 1.25 bits per heavy atom. The third-order valence-electron chi connectivity index (χ3n) is 7.87. The van der Waals surface area contributed by atoms with Gasteiger partial charge >= 0.3 is 5.97 Å². The summed E-state index contributed by atoms with van der Waals surface area (Å²) in [6.07, 6.45) is 3.21. The van der Waals surface area contributed by atoms with E-state index < -0.39 is 28.4 Å². The molecule has 2 amide bonds. The van der Waals surface area contributed by atoms with Gasteiger partial charge in [0.1, 0.15) is 23.1 Å². The number of nitrogens with one attached hydrogen (secondary N) is 1. The third kappa shape index (κ3) is 4.29. The van der Waals surface area contributed by atoms with Crippen LogP contribution in [0, 0.1) is 23.7 Å². The van der Waals surface area contributed by atoms with Crippen molar-refractivity contribution in [1.29, 1.82) is 0 Å². The molecule has 1 aliphatic carbocycles. The van der Waals surface area contributed by atoms with Gasteiger partial charge in [-0.2, -0.15) is 0 Å². The number of fused-ring (bicyclic) bond motifs is 1. The highest BCUT2D eigenvalue weighted by atomic mass is 32.2. The van der Waals surface area contributed by atoms with Crippen LogP contribution in [0.5, 0.6) is 0 Å². The average molecular weight is 469 g/mol. The number of rotatable bonds is 7. The number of β-lactam (4-membered cyclic amide) rings is 1. The molecule has 2 N–H and O–H groups in total. The van der Waals surface area contributed by atoms with Gasteiger partial charge in [0.05, 0.1) is 6.10 Å². The Labute approximate surface area is 196 Å². The van der Waals surface area contributed by atoms with Gasteiger partial charge in [0.2, 0.25) is 5.91 Å². The molecule has 7 nitrogen and oxygen atoms in total. The number of carbonyl (C=O) groups excluding carboxylic acids is 2. The lowest BCUT2D eigenvalue weighted by molar-refractivity contribution is -0.179. The Morgan fingerprint density at radius 3 is 2.41 bits per heavy atom. The van der Waals surface area contributed by atoms with Gasteiger partial charge in [0.15, 0.2) is 0 Å². The number of nitrogens with zero attached hydrogens (tertiary/aromatic N) is 1. The predicted molar refractivity (Wildman–Crippen MR) is 125 cm³/mol. The number of thioether (sulfide) groups is 1. The van der Waals surface area contributed by atoms with Gasteiger partial charge < -0.3 is 20.1 Å². The number of aliphatic carboxylic acids is 1. The molecule has 3 rings (SSSR count). The van der Waals surface area contributed by atoms with Crippen LogP contribution < -0.4 is 5.32 Å². The Balaban J connectivity index is 1.76. The van der Waals surface area contributed by atoms with Gasteiger partial charge in [-0.3, -0.25) is 9.59 Å². The second kappa shape index (κ2) is 8.82. The quantitative estimate of drug-likeness (QED) is 0.555. The largest absolute Gasteiger partial charge is 0.480 e. The molecule has 0 unspecified atom stereocenters. The van der Waals surface area contributed by atoms with E-state index in [4.69, 9.17) is 4.74 Å². The van der Waals surface area contributed by atoms with Gasteiger partial charge in [-0.1, -0.05) is 41.0 Å². The fraction of sp³-hybridized carbons (Fsp3) is 0.875. The first-order chi connectivity index (χ1) is 14.7. The van der Waals surface area contributed by atoms with Crippen LogP contribution in [0.25, 0.3) is 0 Å². The molecule has 8 heteroatoms. The van der Waals surface area contributed by atoms with Crippen LogP contribution in [0.15, 0.2) is 0 Å². The monoisotopic (exact) mass is 468 g/mol. The lowest BCUT2D eigenvalue weighted by atomic mass is 9.75. The minimum Gasteiger partial charge on any atom is -0.480 e. The lowest BCUT2D eigenvalue weighted by Crippen LogP contribution is -2.72. The van der Waals surface area contributed by atoms with Crippen LogP contribution in [0.1, 0.15) is 74.7 Å². The highest BCUT2D eigenvalue weighted by Crippen LogP contribution is 2.51. The smallest absolute Gasteiger partial charge is 0.327 e. The van der Waals surface area contributed by atoms with Crippen molar-refractivity contribution in [3.8, 4) is 0 Å². The van der Waals surface area contributed by atoms with Crippen LogP contribution >= 0.6 is 11.8 Å². The fourth-order valence-corrected chi connectivity index (χ4v) is 7.07. The maximum absolute atomic E-state index is 13.5. The zero-order valence-electron chi connectivity index (χ0n) is 20.7. The molecular weight excluding hydrogens is 428 g/mol. The maximum Gasteiger partial charge on any atom is 0.327 e. The highest BCUT2D eigenvalue weighted by Gasteiger charge is 2.64. The number of hydrogen-bond acceptors (Lipinski definition) is 5. The van der Waals surface area contributed by atoms with Crippen LogP contribution in [-0.4, -0.2) is 61.7 Å². The molecular formula is C24H40N2O5S. The summed E-state index contributed by atoms with van der Waals surface area (Å²) in [5.74, 6) is -0.280. The van der Waals surface area contributed by atoms with Crippen molar-refractivity contribution >= 4 is 29.5 Å². The number of amides is 2. The van der Waals surface area contributed by atoms with Crippen molar-refractivity contribution < 1.29 is 24.2 Å². The van der Waals surface area contributed by atoms with Gasteiger partial charge in [-0.15, -0.1) is 11.8 Å². The van der Waals surface area contributed by atoms with Crippen molar-refractivity contribution in [1.82, 2.24) is 10.2 Å². The molecule has 2 heterocycles. The van der Waals surface area contributed by atoms with Gasteiger partial charge in [-0.05, 0) is 57.3 Å². The second-order valence-corrected chi connectivity index (χ2v) is 13.1. The molecule has 0 aromatic rings. The molecule has 0 aromatic carbocycles. The van der Waals surface area contributed by atoms with E-state index in [-0.39, 0.29) is 29.2 Å². The summed E-state index contributed by atoms with van der Waals surface area (Å²) in [6, 6.07) is -1.61. The van der Waals surface area contributed by atoms with Crippen molar-refractivity contribution in [2.24, 2.45) is 23.7 Å². The normalized spacial score (nSPS) is 35.9. The molecule has 0 radical (unpaired) electrons. The van der Waals surface area contributed by atoms with Crippen molar-refractivity contribution in [2.45, 2.75) is 109 Å². The fourth-order valence-electron chi connectivity index (χ4n) is 5.45. The zero-order chi connectivity index (χ0) is 24.2. The topological polar surface area (TPSA) is 95.9 Å². The molecule has 182 valence electrons. The molecule has 7 atom stereocenters. The summed E-state index contributed by atoms with van der Waals surface area (Å²) in [7, 11) is 0. The highest BCUT2D eigenvalue weighted by molar-refractivity contribution is 8.01. The predicted octanol–water partition coefficient (Wildman–Crippen LogP) is 3.51. The van der Waals surface area contributed by atoms with Gasteiger partial charge in [-0.25, -0.2) is 4.79 Å². The van der Waals surface area contributed by atoms with Crippen molar-refractivity contribution in [2.75, 3.05) is 0 Å². The first-order valence-corrected chi connectivity index (χ1v) is 12.8. The third-order valence-corrected chi connectivity index (χ3v) is 9.44. The van der Waals surface area contributed by atoms with E-state index in [0.29, 0.717) is 17.8 Å². The molecule has 0 spiro atoms. The Hall–Kier alpha value is -1.28. The first-order valence-electron chi connectivity index (χ1n) is 11.9. The number of hydrogen-bond donors (Lipinski definition) is 2. The number of carboxylic acid groups (broad SMARTS) is 1. The van der Waals surface area contributed by atoms with E-state index >= 15 is 0 Å². The van der Waals surface area contributed by atoms with Crippen molar-refractivity contribution in [3.05, 3.63) is 0 Å². The molecule has 2 saturated heterocycles. The minimum absolute atomic E-state index is 0.00155. The SMILES string of the molecule is CC(C)[C@H]1CC[C@H](C)C[C@H]1O[C@@](C)(C(=O)N[C@@H]1C(=O)N2[C@@H]1SC(C)(C)[C@@H]2C(=O)O)C(C)C. The summed E-state index contributed by atoms with van der Waals surface area (Å²) in [4.78, 5) is 39.5. The Morgan fingerprint density at radius 2 is 1.88 bits per heavy atom. The first kappa shape index (κ1) is 25.3. The van der Waals surface area contributed by atoms with Crippen LogP contribution in [-0.2, 0) is 19.1 Å². The van der Waals surface area contributed by atoms with E-state index in [0.717, 1.165) is 12.8 Å². The van der Waals surface area contributed by atoms with E-state index in [1.54, 1.807) is 0 Å². The number of carboxylic acids is 1. The molecule has 0 aromatic heterocycles. The van der Waals surface area contributed by atoms with E-state index in [2.05, 4.69) is 26.1 Å².